The van der Waals surface area contributed by atoms with Crippen LogP contribution in [0.25, 0.3) is 0 Å². The molecule has 0 aliphatic carbocycles. The monoisotopic (exact) mass is 493 g/mol. The second kappa shape index (κ2) is 9.15. The molecule has 7 nitrogen and oxygen atoms in total. The van der Waals surface area contributed by atoms with E-state index in [2.05, 4.69) is 15.9 Å². The highest BCUT2D eigenvalue weighted by Crippen LogP contribution is 2.29. The number of carbonyl (C=O) groups is 4. The molecule has 0 aromatic heterocycles. The van der Waals surface area contributed by atoms with Crippen LogP contribution in [0.4, 0.5) is 5.69 Å². The van der Waals surface area contributed by atoms with Gasteiger partial charge in [-0.2, -0.15) is 0 Å². The lowest BCUT2D eigenvalue weighted by Crippen LogP contribution is -2.37. The average Bonchev–Trinajstić information content (AvgIpc) is 3.04. The first-order valence-electron chi connectivity index (χ1n) is 9.61. The Bertz CT molecular complexity index is 1110. The Kier molecular flexibility index (Phi) is 6.13. The summed E-state index contributed by atoms with van der Waals surface area (Å²) in [5.74, 6) is -3.23. The largest absolute Gasteiger partial charge is 0.444 e. The lowest BCUT2D eigenvalue weighted by Gasteiger charge is -2.16. The third-order valence-electron chi connectivity index (χ3n) is 4.76. The fraction of sp³-hybridized carbons (Fsp3) is 0.0833. The minimum absolute atomic E-state index is 0.196. The molecule has 0 saturated carbocycles. The fourth-order valence-corrected chi connectivity index (χ4v) is 3.62. The Labute approximate surface area is 191 Å². The van der Waals surface area contributed by atoms with E-state index in [0.29, 0.717) is 4.47 Å². The van der Waals surface area contributed by atoms with Crippen LogP contribution >= 0.6 is 15.9 Å². The van der Waals surface area contributed by atoms with E-state index in [1.165, 1.54) is 24.3 Å². The van der Waals surface area contributed by atoms with Crippen LogP contribution in [0.15, 0.2) is 89.4 Å². The van der Waals surface area contributed by atoms with Crippen molar-refractivity contribution in [2.24, 2.45) is 0 Å². The highest BCUT2D eigenvalue weighted by molar-refractivity contribution is 9.10. The van der Waals surface area contributed by atoms with Crippen LogP contribution in [0.3, 0.4) is 0 Å². The molecule has 3 aromatic rings. The molecule has 1 aliphatic heterocycles. The van der Waals surface area contributed by atoms with Crippen molar-refractivity contribution in [2.45, 2.75) is 12.2 Å². The van der Waals surface area contributed by atoms with Crippen LogP contribution in [-0.2, 0) is 19.1 Å². The Balaban J connectivity index is 1.66. The van der Waals surface area contributed by atoms with Gasteiger partial charge in [-0.15, -0.1) is 0 Å². The van der Waals surface area contributed by atoms with E-state index in [4.69, 9.17) is 9.47 Å². The first kappa shape index (κ1) is 21.5. The maximum atomic E-state index is 13.1. The van der Waals surface area contributed by atoms with Gasteiger partial charge in [-0.1, -0.05) is 58.4 Å². The average molecular weight is 494 g/mol. The first-order valence-corrected chi connectivity index (χ1v) is 10.4. The smallest absolute Gasteiger partial charge is 0.339 e. The van der Waals surface area contributed by atoms with Crippen molar-refractivity contribution < 1.29 is 28.7 Å². The Morgan fingerprint density at radius 2 is 1.16 bits per heavy atom. The van der Waals surface area contributed by atoms with Crippen molar-refractivity contribution in [2.75, 3.05) is 4.90 Å². The van der Waals surface area contributed by atoms with E-state index in [9.17, 15) is 19.2 Å². The molecule has 0 unspecified atom stereocenters. The molecule has 160 valence electrons. The van der Waals surface area contributed by atoms with Crippen molar-refractivity contribution in [1.29, 1.82) is 0 Å². The van der Waals surface area contributed by atoms with Crippen molar-refractivity contribution in [3.05, 3.63) is 101 Å². The third-order valence-corrected chi connectivity index (χ3v) is 5.25. The number of ether oxygens (including phenoxy) is 2. The zero-order valence-electron chi connectivity index (χ0n) is 16.5. The quantitative estimate of drug-likeness (QED) is 0.396. The molecule has 3 aromatic carbocycles. The normalized spacial score (nSPS) is 17.8. The van der Waals surface area contributed by atoms with Crippen LogP contribution in [0.1, 0.15) is 20.7 Å². The summed E-state index contributed by atoms with van der Waals surface area (Å²) in [5.41, 5.74) is 0.650. The molecule has 0 radical (unpaired) electrons. The molecule has 0 spiro atoms. The van der Waals surface area contributed by atoms with Gasteiger partial charge in [0, 0.05) is 4.47 Å². The number of benzene rings is 3. The molecule has 2 atom stereocenters. The highest BCUT2D eigenvalue weighted by Gasteiger charge is 2.53. The summed E-state index contributed by atoms with van der Waals surface area (Å²) < 4.78 is 11.4. The minimum Gasteiger partial charge on any atom is -0.444 e. The van der Waals surface area contributed by atoms with Crippen molar-refractivity contribution in [3.63, 3.8) is 0 Å². The summed E-state index contributed by atoms with van der Waals surface area (Å²) >= 11 is 3.30. The van der Waals surface area contributed by atoms with Gasteiger partial charge in [0.05, 0.1) is 16.8 Å². The number of nitrogens with zero attached hydrogens (tertiary/aromatic N) is 1. The number of esters is 2. The Hall–Kier alpha value is -3.78. The molecule has 1 saturated heterocycles. The number of amides is 2. The van der Waals surface area contributed by atoms with Crippen LogP contribution in [0.5, 0.6) is 0 Å². The predicted molar refractivity (Wildman–Crippen MR) is 118 cm³/mol. The van der Waals surface area contributed by atoms with Crippen LogP contribution in [0.2, 0.25) is 0 Å². The van der Waals surface area contributed by atoms with Gasteiger partial charge in [-0.05, 0) is 42.5 Å². The van der Waals surface area contributed by atoms with E-state index in [-0.39, 0.29) is 16.8 Å². The van der Waals surface area contributed by atoms with Crippen molar-refractivity contribution in [3.8, 4) is 0 Å². The predicted octanol–water partition coefficient (Wildman–Crippen LogP) is 3.77. The lowest BCUT2D eigenvalue weighted by atomic mass is 10.2. The SMILES string of the molecule is O=C(O[C@@H]1C(=O)N(c2cccc(Br)c2)C(=O)[C@H]1OC(=O)c1ccccc1)c1ccccc1. The maximum absolute atomic E-state index is 13.1. The number of anilines is 1. The zero-order chi connectivity index (χ0) is 22.7. The first-order chi connectivity index (χ1) is 15.5. The Morgan fingerprint density at radius 3 is 1.59 bits per heavy atom. The lowest BCUT2D eigenvalue weighted by molar-refractivity contribution is -0.130. The number of carbonyl (C=O) groups excluding carboxylic acids is 4. The number of rotatable bonds is 5. The molecule has 1 aliphatic rings. The van der Waals surface area contributed by atoms with E-state index in [0.717, 1.165) is 4.90 Å². The van der Waals surface area contributed by atoms with Gasteiger partial charge in [-0.3, -0.25) is 9.59 Å². The summed E-state index contributed by atoms with van der Waals surface area (Å²) in [5, 5.41) is 0. The summed E-state index contributed by atoms with van der Waals surface area (Å²) in [6.07, 6.45) is -3.25. The molecule has 8 heteroatoms. The number of hydrogen-bond acceptors (Lipinski definition) is 6. The molecule has 1 heterocycles. The maximum Gasteiger partial charge on any atom is 0.339 e. The molecule has 2 amide bonds. The van der Waals surface area contributed by atoms with E-state index < -0.39 is 36.0 Å². The molecule has 4 rings (SSSR count). The van der Waals surface area contributed by atoms with E-state index in [1.54, 1.807) is 60.7 Å². The van der Waals surface area contributed by atoms with Crippen LogP contribution in [0, 0.1) is 0 Å². The molecule has 1 fully saturated rings. The molecular formula is C24H16BrNO6. The van der Waals surface area contributed by atoms with Gasteiger partial charge in [-0.25, -0.2) is 14.5 Å². The number of halogens is 1. The van der Waals surface area contributed by atoms with Crippen LogP contribution in [-0.4, -0.2) is 36.0 Å². The zero-order valence-corrected chi connectivity index (χ0v) is 18.1. The molecular weight excluding hydrogens is 478 g/mol. The summed E-state index contributed by atoms with van der Waals surface area (Å²) in [4.78, 5) is 52.3. The van der Waals surface area contributed by atoms with Gasteiger partial charge in [0.15, 0.2) is 0 Å². The topological polar surface area (TPSA) is 90.0 Å². The second-order valence-electron chi connectivity index (χ2n) is 6.88. The fourth-order valence-electron chi connectivity index (χ4n) is 3.23. The van der Waals surface area contributed by atoms with Gasteiger partial charge >= 0.3 is 11.9 Å². The summed E-state index contributed by atoms with van der Waals surface area (Å²) in [6, 6.07) is 22.5. The molecule has 0 bridgehead atoms. The highest BCUT2D eigenvalue weighted by atomic mass is 79.9. The van der Waals surface area contributed by atoms with Gasteiger partial charge in [0.2, 0.25) is 12.2 Å². The minimum atomic E-state index is -1.62. The van der Waals surface area contributed by atoms with E-state index in [1.807, 2.05) is 0 Å². The van der Waals surface area contributed by atoms with E-state index >= 15 is 0 Å². The Morgan fingerprint density at radius 1 is 0.688 bits per heavy atom. The molecule has 32 heavy (non-hydrogen) atoms. The van der Waals surface area contributed by atoms with Crippen LogP contribution < -0.4 is 4.90 Å². The molecule has 0 N–H and O–H groups in total. The van der Waals surface area contributed by atoms with Gasteiger partial charge in [0.25, 0.3) is 11.8 Å². The standard InChI is InChI=1S/C24H16BrNO6/c25-17-12-7-13-18(14-17)26-21(27)19(31-23(29)15-8-3-1-4-9-15)20(22(26)28)32-24(30)16-10-5-2-6-11-16/h1-14,19-20H/t19-,20-/m0/s1. The van der Waals surface area contributed by atoms with Crippen molar-refractivity contribution >= 4 is 45.4 Å². The second-order valence-corrected chi connectivity index (χ2v) is 7.79. The number of imide groups is 1. The summed E-state index contributed by atoms with van der Waals surface area (Å²) in [7, 11) is 0. The summed E-state index contributed by atoms with van der Waals surface area (Å²) in [6.45, 7) is 0. The van der Waals surface area contributed by atoms with Gasteiger partial charge < -0.3 is 9.47 Å². The van der Waals surface area contributed by atoms with Gasteiger partial charge in [0.1, 0.15) is 0 Å². The number of hydrogen-bond donors (Lipinski definition) is 0. The third kappa shape index (κ3) is 4.31. The van der Waals surface area contributed by atoms with Crippen molar-refractivity contribution in [1.82, 2.24) is 0 Å².